The summed E-state index contributed by atoms with van der Waals surface area (Å²) in [6, 6.07) is 6.75. The number of imide groups is 1. The molecule has 2 amide bonds. The Morgan fingerprint density at radius 2 is 1.74 bits per heavy atom. The summed E-state index contributed by atoms with van der Waals surface area (Å²) in [5, 5.41) is 7.47. The van der Waals surface area contributed by atoms with Crippen LogP contribution in [0.1, 0.15) is 34.1 Å². The Bertz CT molecular complexity index is 481. The van der Waals surface area contributed by atoms with Gasteiger partial charge in [-0.15, -0.1) is 12.4 Å². The molecule has 0 saturated heterocycles. The van der Waals surface area contributed by atoms with E-state index in [4.69, 9.17) is 10.1 Å². The average molecular weight is 283 g/mol. The molecule has 1 aromatic rings. The smallest absolute Gasteiger partial charge is 0.261 e. The Balaban J connectivity index is 0.00000180. The van der Waals surface area contributed by atoms with Crippen molar-refractivity contribution in [3.05, 3.63) is 35.4 Å². The number of nitrogens with zero attached hydrogens (tertiary/aromatic N) is 1. The normalized spacial score (nSPS) is 13.0. The molecule has 0 atom stereocenters. The van der Waals surface area contributed by atoms with Crippen LogP contribution in [0.5, 0.6) is 0 Å². The number of carbonyl (C=O) groups is 2. The molecule has 6 heteroatoms. The molecule has 1 aliphatic rings. The van der Waals surface area contributed by atoms with Crippen molar-refractivity contribution in [2.75, 3.05) is 13.2 Å². The topological polar surface area (TPSA) is 70.5 Å². The van der Waals surface area contributed by atoms with E-state index in [-0.39, 0.29) is 43.1 Å². The fourth-order valence-electron chi connectivity index (χ4n) is 1.90. The Kier molecular flexibility index (Phi) is 5.06. The highest BCUT2D eigenvalue weighted by Crippen LogP contribution is 2.22. The van der Waals surface area contributed by atoms with Crippen molar-refractivity contribution in [2.45, 2.75) is 13.3 Å². The average Bonchev–Trinajstić information content (AvgIpc) is 2.61. The molecular weight excluding hydrogens is 268 g/mol. The van der Waals surface area contributed by atoms with E-state index in [0.29, 0.717) is 17.7 Å². The van der Waals surface area contributed by atoms with Crippen LogP contribution < -0.4 is 0 Å². The van der Waals surface area contributed by atoms with Crippen LogP contribution in [-0.2, 0) is 4.74 Å². The third kappa shape index (κ3) is 2.93. The molecule has 5 nitrogen and oxygen atoms in total. The fourth-order valence-corrected chi connectivity index (χ4v) is 1.90. The largest absolute Gasteiger partial charge is 0.481 e. The van der Waals surface area contributed by atoms with E-state index in [1.807, 2.05) is 0 Å². The van der Waals surface area contributed by atoms with Crippen LogP contribution in [0.15, 0.2) is 24.3 Å². The Hall–Kier alpha value is -1.88. The number of hydrogen-bond donors (Lipinski definition) is 1. The van der Waals surface area contributed by atoms with Gasteiger partial charge >= 0.3 is 0 Å². The van der Waals surface area contributed by atoms with E-state index < -0.39 is 0 Å². The first-order valence-corrected chi connectivity index (χ1v) is 5.80. The third-order valence-corrected chi connectivity index (χ3v) is 2.76. The quantitative estimate of drug-likeness (QED) is 0.522. The summed E-state index contributed by atoms with van der Waals surface area (Å²) in [6.07, 6.45) is 0.249. The molecule has 1 heterocycles. The number of carbonyl (C=O) groups excluding carboxylic acids is 2. The lowest BCUT2D eigenvalue weighted by atomic mass is 10.1. The van der Waals surface area contributed by atoms with Crippen LogP contribution in [0.2, 0.25) is 0 Å². The predicted molar refractivity (Wildman–Crippen MR) is 73.0 cm³/mol. The summed E-state index contributed by atoms with van der Waals surface area (Å²) in [5.74, 6) is -0.492. The molecule has 0 radical (unpaired) electrons. The zero-order valence-electron chi connectivity index (χ0n) is 10.5. The molecule has 2 rings (SSSR count). The molecule has 0 spiro atoms. The van der Waals surface area contributed by atoms with E-state index in [0.717, 1.165) is 4.90 Å². The Morgan fingerprint density at radius 1 is 1.21 bits per heavy atom. The lowest BCUT2D eigenvalue weighted by Crippen LogP contribution is -2.32. The molecule has 0 bridgehead atoms. The summed E-state index contributed by atoms with van der Waals surface area (Å²) in [7, 11) is 0. The van der Waals surface area contributed by atoms with Crippen LogP contribution in [0.4, 0.5) is 0 Å². The van der Waals surface area contributed by atoms with Crippen LogP contribution in [0.3, 0.4) is 0 Å². The Morgan fingerprint density at radius 3 is 2.21 bits per heavy atom. The molecule has 1 N–H and O–H groups in total. The molecule has 102 valence electrons. The van der Waals surface area contributed by atoms with Crippen molar-refractivity contribution in [1.82, 2.24) is 4.90 Å². The highest BCUT2D eigenvalue weighted by atomic mass is 35.5. The summed E-state index contributed by atoms with van der Waals surface area (Å²) < 4.78 is 4.98. The van der Waals surface area contributed by atoms with Gasteiger partial charge in [-0.2, -0.15) is 0 Å². The monoisotopic (exact) mass is 282 g/mol. The van der Waals surface area contributed by atoms with Gasteiger partial charge in [0.1, 0.15) is 0 Å². The van der Waals surface area contributed by atoms with E-state index in [1.165, 1.54) is 0 Å². The van der Waals surface area contributed by atoms with Gasteiger partial charge in [0.15, 0.2) is 5.90 Å². The standard InChI is InChI=1S/C13H14N2O3.ClH/c1-2-18-11(14)7-8-15-12(16)9-5-3-4-6-10(9)13(15)17;/h3-6,14H,2,7-8H2,1H3;1H. The van der Waals surface area contributed by atoms with Gasteiger partial charge < -0.3 is 4.74 Å². The summed E-state index contributed by atoms with van der Waals surface area (Å²) >= 11 is 0. The molecule has 0 aliphatic carbocycles. The van der Waals surface area contributed by atoms with Gasteiger partial charge in [-0.3, -0.25) is 19.9 Å². The number of rotatable bonds is 4. The molecule has 1 aliphatic heterocycles. The van der Waals surface area contributed by atoms with Crippen molar-refractivity contribution in [2.24, 2.45) is 0 Å². The van der Waals surface area contributed by atoms with Gasteiger partial charge in [0.25, 0.3) is 11.8 Å². The molecule has 0 saturated carbocycles. The number of ether oxygens (including phenoxy) is 1. The minimum absolute atomic E-state index is 0. The lowest BCUT2D eigenvalue weighted by molar-refractivity contribution is 0.0657. The summed E-state index contributed by atoms with van der Waals surface area (Å²) in [5.41, 5.74) is 0.871. The zero-order valence-corrected chi connectivity index (χ0v) is 11.3. The second-order valence-electron chi connectivity index (χ2n) is 3.91. The first-order chi connectivity index (χ1) is 8.65. The molecule has 0 fully saturated rings. The maximum absolute atomic E-state index is 12.0. The van der Waals surface area contributed by atoms with Crippen molar-refractivity contribution >= 4 is 30.1 Å². The highest BCUT2D eigenvalue weighted by Gasteiger charge is 2.34. The van der Waals surface area contributed by atoms with Crippen molar-refractivity contribution < 1.29 is 14.3 Å². The SMILES string of the molecule is CCOC(=N)CCN1C(=O)c2ccccc2C1=O.Cl. The fraction of sp³-hybridized carbons (Fsp3) is 0.308. The lowest BCUT2D eigenvalue weighted by Gasteiger charge is -2.13. The predicted octanol–water partition coefficient (Wildman–Crippen LogP) is 2.11. The van der Waals surface area contributed by atoms with E-state index in [9.17, 15) is 9.59 Å². The van der Waals surface area contributed by atoms with Crippen LogP contribution in [-0.4, -0.2) is 35.8 Å². The number of fused-ring (bicyclic) bond motifs is 1. The van der Waals surface area contributed by atoms with Crippen LogP contribution in [0, 0.1) is 5.41 Å². The molecule has 19 heavy (non-hydrogen) atoms. The van der Waals surface area contributed by atoms with E-state index in [1.54, 1.807) is 31.2 Å². The maximum Gasteiger partial charge on any atom is 0.261 e. The zero-order chi connectivity index (χ0) is 13.1. The summed E-state index contributed by atoms with van der Waals surface area (Å²) in [4.78, 5) is 25.1. The van der Waals surface area contributed by atoms with Crippen molar-refractivity contribution in [3.63, 3.8) is 0 Å². The van der Waals surface area contributed by atoms with Crippen molar-refractivity contribution in [1.29, 1.82) is 5.41 Å². The molecular formula is C13H15ClN2O3. The third-order valence-electron chi connectivity index (χ3n) is 2.76. The van der Waals surface area contributed by atoms with Gasteiger partial charge in [-0.1, -0.05) is 12.1 Å². The first-order valence-electron chi connectivity index (χ1n) is 5.80. The maximum atomic E-state index is 12.0. The van der Waals surface area contributed by atoms with Gasteiger partial charge in [-0.05, 0) is 19.1 Å². The number of benzene rings is 1. The number of halogens is 1. The summed E-state index contributed by atoms with van der Waals surface area (Å²) in [6.45, 7) is 2.39. The second kappa shape index (κ2) is 6.33. The van der Waals surface area contributed by atoms with E-state index in [2.05, 4.69) is 0 Å². The molecule has 0 unspecified atom stereocenters. The van der Waals surface area contributed by atoms with Gasteiger partial charge in [0.2, 0.25) is 0 Å². The second-order valence-corrected chi connectivity index (χ2v) is 3.91. The molecule has 0 aromatic heterocycles. The highest BCUT2D eigenvalue weighted by molar-refractivity contribution is 6.21. The van der Waals surface area contributed by atoms with Gasteiger partial charge in [-0.25, -0.2) is 0 Å². The van der Waals surface area contributed by atoms with Gasteiger partial charge in [0.05, 0.1) is 17.7 Å². The number of amides is 2. The van der Waals surface area contributed by atoms with Crippen LogP contribution >= 0.6 is 12.4 Å². The van der Waals surface area contributed by atoms with E-state index >= 15 is 0 Å². The van der Waals surface area contributed by atoms with Gasteiger partial charge in [0, 0.05) is 13.0 Å². The Labute approximate surface area is 117 Å². The van der Waals surface area contributed by atoms with Crippen LogP contribution in [0.25, 0.3) is 0 Å². The van der Waals surface area contributed by atoms with Crippen molar-refractivity contribution in [3.8, 4) is 0 Å². The number of nitrogens with one attached hydrogen (secondary N) is 1. The number of hydrogen-bond acceptors (Lipinski definition) is 4. The first kappa shape index (κ1) is 15.2. The molecule has 1 aromatic carbocycles. The minimum Gasteiger partial charge on any atom is -0.481 e. The minimum atomic E-state index is -0.292.